The highest BCUT2D eigenvalue weighted by atomic mass is 16.6. The first-order valence-corrected chi connectivity index (χ1v) is 6.90. The fraction of sp³-hybridized carbons (Fsp3) is 0.357. The van der Waals surface area contributed by atoms with Gasteiger partial charge in [0.15, 0.2) is 6.61 Å². The van der Waals surface area contributed by atoms with Gasteiger partial charge in [0, 0.05) is 17.7 Å². The van der Waals surface area contributed by atoms with Crippen molar-refractivity contribution in [3.05, 3.63) is 39.4 Å². The standard InChI is InChI=1S/C14H15N3O6/c1-8-10(3-2-4-11(8)17(21)22)13(19)23-7-12(18)16-14(20)15-9-5-6-9/h2-4,9H,5-7H2,1H3,(H2,15,16,18,20). The van der Waals surface area contributed by atoms with E-state index in [1.807, 2.05) is 5.32 Å². The van der Waals surface area contributed by atoms with Gasteiger partial charge in [-0.2, -0.15) is 0 Å². The number of imide groups is 1. The molecule has 23 heavy (non-hydrogen) atoms. The van der Waals surface area contributed by atoms with Gasteiger partial charge >= 0.3 is 12.0 Å². The fourth-order valence-corrected chi connectivity index (χ4v) is 1.86. The van der Waals surface area contributed by atoms with E-state index in [1.54, 1.807) is 0 Å². The van der Waals surface area contributed by atoms with Crippen LogP contribution in [0.25, 0.3) is 0 Å². The molecular weight excluding hydrogens is 306 g/mol. The van der Waals surface area contributed by atoms with Crippen molar-refractivity contribution >= 4 is 23.6 Å². The summed E-state index contributed by atoms with van der Waals surface area (Å²) in [6.07, 6.45) is 1.76. The number of nitrogens with one attached hydrogen (secondary N) is 2. The minimum Gasteiger partial charge on any atom is -0.452 e. The lowest BCUT2D eigenvalue weighted by Crippen LogP contribution is -2.42. The average molecular weight is 321 g/mol. The monoisotopic (exact) mass is 321 g/mol. The molecule has 0 aromatic heterocycles. The number of amides is 3. The zero-order valence-corrected chi connectivity index (χ0v) is 12.3. The predicted octanol–water partition coefficient (Wildman–Crippen LogP) is 1.05. The van der Waals surface area contributed by atoms with E-state index in [0.717, 1.165) is 12.8 Å². The van der Waals surface area contributed by atoms with E-state index >= 15 is 0 Å². The van der Waals surface area contributed by atoms with E-state index in [9.17, 15) is 24.5 Å². The molecule has 0 aliphatic heterocycles. The summed E-state index contributed by atoms with van der Waals surface area (Å²) in [5.41, 5.74) is -0.0727. The van der Waals surface area contributed by atoms with E-state index in [1.165, 1.54) is 25.1 Å². The number of benzene rings is 1. The van der Waals surface area contributed by atoms with Crippen molar-refractivity contribution < 1.29 is 24.0 Å². The lowest BCUT2D eigenvalue weighted by molar-refractivity contribution is -0.385. The molecule has 0 bridgehead atoms. The smallest absolute Gasteiger partial charge is 0.339 e. The van der Waals surface area contributed by atoms with Crippen LogP contribution in [0.15, 0.2) is 18.2 Å². The van der Waals surface area contributed by atoms with Crippen LogP contribution in [0.3, 0.4) is 0 Å². The van der Waals surface area contributed by atoms with Gasteiger partial charge in [0.2, 0.25) is 0 Å². The Hall–Kier alpha value is -2.97. The van der Waals surface area contributed by atoms with Gasteiger partial charge in [-0.15, -0.1) is 0 Å². The van der Waals surface area contributed by atoms with Gasteiger partial charge < -0.3 is 10.1 Å². The van der Waals surface area contributed by atoms with Gasteiger partial charge in [0.05, 0.1) is 10.5 Å². The molecule has 9 nitrogen and oxygen atoms in total. The first-order chi connectivity index (χ1) is 10.9. The van der Waals surface area contributed by atoms with Gasteiger partial charge in [-0.05, 0) is 25.8 Å². The maximum atomic E-state index is 11.9. The molecule has 3 amide bonds. The Morgan fingerprint density at radius 2 is 2.04 bits per heavy atom. The third kappa shape index (κ3) is 4.50. The highest BCUT2D eigenvalue weighted by Crippen LogP contribution is 2.21. The largest absolute Gasteiger partial charge is 0.452 e. The number of ether oxygens (including phenoxy) is 1. The lowest BCUT2D eigenvalue weighted by Gasteiger charge is -2.08. The van der Waals surface area contributed by atoms with Gasteiger partial charge in [-0.3, -0.25) is 20.2 Å². The maximum Gasteiger partial charge on any atom is 0.339 e. The number of rotatable bonds is 5. The van der Waals surface area contributed by atoms with Crippen molar-refractivity contribution in [3.8, 4) is 0 Å². The number of esters is 1. The molecule has 2 N–H and O–H groups in total. The van der Waals surface area contributed by atoms with Gasteiger partial charge in [-0.1, -0.05) is 6.07 Å². The van der Waals surface area contributed by atoms with Crippen molar-refractivity contribution in [1.29, 1.82) is 0 Å². The van der Waals surface area contributed by atoms with E-state index in [4.69, 9.17) is 4.74 Å². The van der Waals surface area contributed by atoms with Gasteiger partial charge in [0.1, 0.15) is 0 Å². The molecule has 1 fully saturated rings. The van der Waals surface area contributed by atoms with Crippen LogP contribution in [-0.4, -0.2) is 35.5 Å². The molecule has 0 spiro atoms. The molecule has 122 valence electrons. The summed E-state index contributed by atoms with van der Waals surface area (Å²) in [6, 6.07) is 3.44. The summed E-state index contributed by atoms with van der Waals surface area (Å²) in [6.45, 7) is 0.761. The quantitative estimate of drug-likeness (QED) is 0.474. The second kappa shape index (κ2) is 6.86. The highest BCUT2D eigenvalue weighted by molar-refractivity contribution is 5.97. The number of nitro benzene ring substituents is 1. The second-order valence-electron chi connectivity index (χ2n) is 5.08. The zero-order chi connectivity index (χ0) is 17.0. The lowest BCUT2D eigenvalue weighted by atomic mass is 10.1. The van der Waals surface area contributed by atoms with Crippen LogP contribution in [0, 0.1) is 17.0 Å². The Bertz CT molecular complexity index is 668. The van der Waals surface area contributed by atoms with E-state index < -0.39 is 29.4 Å². The molecule has 0 heterocycles. The minimum atomic E-state index is -0.871. The summed E-state index contributed by atoms with van der Waals surface area (Å²) in [5, 5.41) is 15.4. The molecule has 1 aliphatic rings. The van der Waals surface area contributed by atoms with Crippen LogP contribution in [0.1, 0.15) is 28.8 Å². The Morgan fingerprint density at radius 1 is 1.35 bits per heavy atom. The zero-order valence-electron chi connectivity index (χ0n) is 12.3. The van der Waals surface area contributed by atoms with Crippen molar-refractivity contribution in [2.45, 2.75) is 25.8 Å². The second-order valence-corrected chi connectivity index (χ2v) is 5.08. The van der Waals surface area contributed by atoms with E-state index in [0.29, 0.717) is 0 Å². The first kappa shape index (κ1) is 16.4. The molecule has 0 unspecified atom stereocenters. The number of hydrogen-bond acceptors (Lipinski definition) is 6. The Kier molecular flexibility index (Phi) is 4.89. The maximum absolute atomic E-state index is 11.9. The Labute approximate surface area is 131 Å². The molecule has 9 heteroatoms. The predicted molar refractivity (Wildman–Crippen MR) is 77.8 cm³/mol. The highest BCUT2D eigenvalue weighted by Gasteiger charge is 2.24. The third-order valence-electron chi connectivity index (χ3n) is 3.22. The summed E-state index contributed by atoms with van der Waals surface area (Å²) in [5.74, 6) is -1.65. The third-order valence-corrected chi connectivity index (χ3v) is 3.22. The molecule has 1 aliphatic carbocycles. The SMILES string of the molecule is Cc1c(C(=O)OCC(=O)NC(=O)NC2CC2)cccc1[N+](=O)[O-]. The molecule has 1 aromatic carbocycles. The topological polar surface area (TPSA) is 128 Å². The molecular formula is C14H15N3O6. The number of carbonyl (C=O) groups excluding carboxylic acids is 3. The van der Waals surface area contributed by atoms with Crippen molar-refractivity contribution in [2.75, 3.05) is 6.61 Å². The van der Waals surface area contributed by atoms with Crippen LogP contribution in [0.2, 0.25) is 0 Å². The number of urea groups is 1. The Morgan fingerprint density at radius 3 is 2.65 bits per heavy atom. The summed E-state index contributed by atoms with van der Waals surface area (Å²) < 4.78 is 4.77. The van der Waals surface area contributed by atoms with Crippen molar-refractivity contribution in [3.63, 3.8) is 0 Å². The van der Waals surface area contributed by atoms with Crippen LogP contribution < -0.4 is 10.6 Å². The van der Waals surface area contributed by atoms with Crippen LogP contribution in [-0.2, 0) is 9.53 Å². The van der Waals surface area contributed by atoms with Crippen molar-refractivity contribution in [2.24, 2.45) is 0 Å². The summed E-state index contributed by atoms with van der Waals surface area (Å²) in [4.78, 5) is 44.9. The number of nitrogens with zero attached hydrogens (tertiary/aromatic N) is 1. The van der Waals surface area contributed by atoms with E-state index in [-0.39, 0.29) is 22.9 Å². The first-order valence-electron chi connectivity index (χ1n) is 6.90. The molecule has 2 rings (SSSR count). The van der Waals surface area contributed by atoms with E-state index in [2.05, 4.69) is 5.32 Å². The minimum absolute atomic E-state index is 0.00516. The number of hydrogen-bond donors (Lipinski definition) is 2. The normalized spacial score (nSPS) is 13.1. The molecule has 0 radical (unpaired) electrons. The van der Waals surface area contributed by atoms with Gasteiger partial charge in [0.25, 0.3) is 11.6 Å². The summed E-state index contributed by atoms with van der Waals surface area (Å²) in [7, 11) is 0. The van der Waals surface area contributed by atoms with Crippen LogP contribution >= 0.6 is 0 Å². The molecule has 1 aromatic rings. The van der Waals surface area contributed by atoms with Crippen molar-refractivity contribution in [1.82, 2.24) is 10.6 Å². The number of nitro groups is 1. The van der Waals surface area contributed by atoms with Crippen LogP contribution in [0.5, 0.6) is 0 Å². The fourth-order valence-electron chi connectivity index (χ4n) is 1.86. The van der Waals surface area contributed by atoms with Gasteiger partial charge in [-0.25, -0.2) is 9.59 Å². The average Bonchev–Trinajstić information content (AvgIpc) is 3.28. The van der Waals surface area contributed by atoms with Crippen LogP contribution in [0.4, 0.5) is 10.5 Å². The molecule has 0 atom stereocenters. The molecule has 0 saturated heterocycles. The Balaban J connectivity index is 1.89. The summed E-state index contributed by atoms with van der Waals surface area (Å²) >= 11 is 0. The number of carbonyl (C=O) groups is 3. The molecule has 1 saturated carbocycles.